The van der Waals surface area contributed by atoms with Crippen LogP contribution in [-0.2, 0) is 19.6 Å². The molecule has 0 radical (unpaired) electrons. The molecule has 0 bridgehead atoms. The Balaban J connectivity index is 3.10. The molecule has 4 heteroatoms. The van der Waals surface area contributed by atoms with Gasteiger partial charge in [-0.3, -0.25) is 0 Å². The first-order valence-corrected chi connectivity index (χ1v) is 7.82. The minimum atomic E-state index is -0.213. The Morgan fingerprint density at radius 3 is 1.10 bits per heavy atom. The lowest BCUT2D eigenvalue weighted by Crippen LogP contribution is -2.19. The summed E-state index contributed by atoms with van der Waals surface area (Å²) in [6, 6.07) is 0. The zero-order valence-electron chi connectivity index (χ0n) is 14.3. The molecular formula is C16H34O4. The highest BCUT2D eigenvalue weighted by Gasteiger charge is 2.11. The molecule has 122 valence electrons. The van der Waals surface area contributed by atoms with Crippen LogP contribution in [0, 0.1) is 0 Å². The van der Waals surface area contributed by atoms with Crippen molar-refractivity contribution in [2.45, 2.75) is 91.3 Å². The van der Waals surface area contributed by atoms with Gasteiger partial charge in [0.15, 0.2) is 0 Å². The van der Waals surface area contributed by atoms with E-state index in [1.165, 1.54) is 25.7 Å². The molecule has 0 atom stereocenters. The van der Waals surface area contributed by atoms with Gasteiger partial charge in [0.2, 0.25) is 0 Å². The molecule has 0 amide bonds. The Bertz CT molecular complexity index is 191. The molecule has 4 nitrogen and oxygen atoms in total. The number of hydrogen-bond donors (Lipinski definition) is 0. The summed E-state index contributed by atoms with van der Waals surface area (Å²) in [6.45, 7) is 13.3. The van der Waals surface area contributed by atoms with E-state index in [2.05, 4.69) is 0 Å². The van der Waals surface area contributed by atoms with Gasteiger partial charge in [-0.05, 0) is 54.4 Å². The van der Waals surface area contributed by atoms with Crippen LogP contribution in [0.25, 0.3) is 0 Å². The summed E-state index contributed by atoms with van der Waals surface area (Å²) in [5, 5.41) is 0. The Hall–Kier alpha value is -0.160. The van der Waals surface area contributed by atoms with Gasteiger partial charge in [0, 0.05) is 0 Å². The number of rotatable bonds is 11. The number of hydrogen-bond acceptors (Lipinski definition) is 4. The highest BCUT2D eigenvalue weighted by atomic mass is 17.2. The van der Waals surface area contributed by atoms with E-state index >= 15 is 0 Å². The van der Waals surface area contributed by atoms with E-state index in [1.54, 1.807) is 0 Å². The lowest BCUT2D eigenvalue weighted by atomic mass is 10.1. The molecule has 20 heavy (non-hydrogen) atoms. The van der Waals surface area contributed by atoms with Crippen LogP contribution in [-0.4, -0.2) is 24.4 Å². The van der Waals surface area contributed by atoms with Gasteiger partial charge in [-0.15, -0.1) is 0 Å². The third-order valence-electron chi connectivity index (χ3n) is 2.32. The smallest absolute Gasteiger partial charge is 0.0952 e. The monoisotopic (exact) mass is 290 g/mol. The molecule has 0 rings (SSSR count). The summed E-state index contributed by atoms with van der Waals surface area (Å²) in [4.78, 5) is 20.7. The third-order valence-corrected chi connectivity index (χ3v) is 2.32. The zero-order valence-corrected chi connectivity index (χ0v) is 14.3. The lowest BCUT2D eigenvalue weighted by molar-refractivity contribution is -0.349. The fraction of sp³-hybridized carbons (Fsp3) is 1.00. The molecule has 0 aliphatic rings. The molecule has 0 N–H and O–H groups in total. The van der Waals surface area contributed by atoms with Crippen LogP contribution >= 0.6 is 0 Å². The van der Waals surface area contributed by atoms with Gasteiger partial charge < -0.3 is 0 Å². The quantitative estimate of drug-likeness (QED) is 0.310. The summed E-state index contributed by atoms with van der Waals surface area (Å²) in [7, 11) is 0. The maximum Gasteiger partial charge on any atom is 0.0952 e. The van der Waals surface area contributed by atoms with Crippen molar-refractivity contribution < 1.29 is 19.6 Å². The zero-order chi connectivity index (χ0) is 15.5. The van der Waals surface area contributed by atoms with Crippen LogP contribution < -0.4 is 0 Å². The molecule has 0 aromatic heterocycles. The summed E-state index contributed by atoms with van der Waals surface area (Å²) in [6.07, 6.45) is 6.96. The van der Waals surface area contributed by atoms with Gasteiger partial charge in [0.1, 0.15) is 0 Å². The third kappa shape index (κ3) is 17.8. The second-order valence-electron chi connectivity index (χ2n) is 7.16. The first kappa shape index (κ1) is 19.8. The van der Waals surface area contributed by atoms with Crippen LogP contribution in [0.2, 0.25) is 0 Å². The van der Waals surface area contributed by atoms with Crippen LogP contribution in [0.5, 0.6) is 0 Å². The molecular weight excluding hydrogens is 256 g/mol. The van der Waals surface area contributed by atoms with Gasteiger partial charge in [0.25, 0.3) is 0 Å². The first-order chi connectivity index (χ1) is 9.21. The molecule has 0 unspecified atom stereocenters. The summed E-state index contributed by atoms with van der Waals surface area (Å²) in [5.41, 5.74) is -0.426. The first-order valence-electron chi connectivity index (χ1n) is 7.82. The minimum Gasteiger partial charge on any atom is -0.236 e. The van der Waals surface area contributed by atoms with E-state index in [0.717, 1.165) is 12.8 Å². The molecule has 0 saturated heterocycles. The second-order valence-corrected chi connectivity index (χ2v) is 7.16. The van der Waals surface area contributed by atoms with E-state index in [9.17, 15) is 0 Å². The molecule has 0 heterocycles. The van der Waals surface area contributed by atoms with E-state index in [-0.39, 0.29) is 11.2 Å². The van der Waals surface area contributed by atoms with Gasteiger partial charge in [-0.25, -0.2) is 19.6 Å². The molecule has 0 spiro atoms. The maximum absolute atomic E-state index is 5.20. The van der Waals surface area contributed by atoms with Crippen molar-refractivity contribution in [2.24, 2.45) is 0 Å². The van der Waals surface area contributed by atoms with Crippen LogP contribution in [0.15, 0.2) is 0 Å². The van der Waals surface area contributed by atoms with Crippen molar-refractivity contribution >= 4 is 0 Å². The lowest BCUT2D eigenvalue weighted by Gasteiger charge is -2.17. The Labute approximate surface area is 125 Å². The van der Waals surface area contributed by atoms with Crippen molar-refractivity contribution in [3.8, 4) is 0 Å². The van der Waals surface area contributed by atoms with Crippen molar-refractivity contribution in [1.82, 2.24) is 0 Å². The Kier molecular flexibility index (Phi) is 10.5. The van der Waals surface area contributed by atoms with Gasteiger partial charge in [-0.1, -0.05) is 25.7 Å². The van der Waals surface area contributed by atoms with Crippen LogP contribution in [0.1, 0.15) is 80.1 Å². The summed E-state index contributed by atoms with van der Waals surface area (Å²) >= 11 is 0. The molecule has 0 saturated carbocycles. The largest absolute Gasteiger partial charge is 0.236 e. The van der Waals surface area contributed by atoms with E-state index in [0.29, 0.717) is 13.2 Å². The summed E-state index contributed by atoms with van der Waals surface area (Å²) in [5.74, 6) is 0. The molecule has 0 aliphatic carbocycles. The van der Waals surface area contributed by atoms with Crippen LogP contribution in [0.4, 0.5) is 0 Å². The fourth-order valence-electron chi connectivity index (χ4n) is 1.47. The fourth-order valence-corrected chi connectivity index (χ4v) is 1.47. The molecule has 0 fully saturated rings. The van der Waals surface area contributed by atoms with E-state index < -0.39 is 0 Å². The van der Waals surface area contributed by atoms with Crippen LogP contribution in [0.3, 0.4) is 0 Å². The topological polar surface area (TPSA) is 36.9 Å². The molecule has 0 aromatic carbocycles. The highest BCUT2D eigenvalue weighted by molar-refractivity contribution is 4.55. The molecule has 0 aromatic rings. The average molecular weight is 290 g/mol. The minimum absolute atomic E-state index is 0.213. The Morgan fingerprint density at radius 1 is 0.500 bits per heavy atom. The van der Waals surface area contributed by atoms with E-state index in [1.807, 2.05) is 41.5 Å². The predicted octanol–water partition coefficient (Wildman–Crippen LogP) is 4.82. The Morgan fingerprint density at radius 2 is 0.800 bits per heavy atom. The van der Waals surface area contributed by atoms with Gasteiger partial charge in [0.05, 0.1) is 24.4 Å². The van der Waals surface area contributed by atoms with Gasteiger partial charge in [-0.2, -0.15) is 0 Å². The SMILES string of the molecule is CC(C)(C)OOCCCCCCCCOOC(C)(C)C. The van der Waals surface area contributed by atoms with Crippen molar-refractivity contribution in [1.29, 1.82) is 0 Å². The maximum atomic E-state index is 5.20. The summed E-state index contributed by atoms with van der Waals surface area (Å²) < 4.78 is 0. The van der Waals surface area contributed by atoms with Crippen molar-refractivity contribution in [3.63, 3.8) is 0 Å². The number of unbranched alkanes of at least 4 members (excludes halogenated alkanes) is 5. The van der Waals surface area contributed by atoms with E-state index in [4.69, 9.17) is 19.6 Å². The average Bonchev–Trinajstić information content (AvgIpc) is 2.27. The highest BCUT2D eigenvalue weighted by Crippen LogP contribution is 2.10. The van der Waals surface area contributed by atoms with Crippen molar-refractivity contribution in [3.05, 3.63) is 0 Å². The van der Waals surface area contributed by atoms with Gasteiger partial charge >= 0.3 is 0 Å². The standard InChI is InChI=1S/C16H34O4/c1-15(2,3)19-17-13-11-9-7-8-10-12-14-18-20-16(4,5)6/h7-14H2,1-6H3. The second kappa shape index (κ2) is 10.6. The predicted molar refractivity (Wildman–Crippen MR) is 81.3 cm³/mol. The normalized spacial score (nSPS) is 12.9. The molecule has 0 aliphatic heterocycles. The van der Waals surface area contributed by atoms with Crippen molar-refractivity contribution in [2.75, 3.05) is 13.2 Å².